The molecular formula is C15H14FN3O2. The summed E-state index contributed by atoms with van der Waals surface area (Å²) < 4.78 is 13.3. The van der Waals surface area contributed by atoms with Crippen LogP contribution in [0.15, 0.2) is 35.1 Å². The molecule has 0 saturated heterocycles. The number of benzene rings is 1. The number of amides is 1. The lowest BCUT2D eigenvalue weighted by molar-refractivity contribution is 0.0969. The molecule has 0 radical (unpaired) electrons. The van der Waals surface area contributed by atoms with Crippen LogP contribution in [-0.4, -0.2) is 22.1 Å². The van der Waals surface area contributed by atoms with Crippen molar-refractivity contribution in [2.75, 3.05) is 4.90 Å². The molecule has 1 atom stereocenters. The first kappa shape index (κ1) is 13.5. The number of fused-ring (bicyclic) bond motifs is 1. The average Bonchev–Trinajstić information content (AvgIpc) is 2.47. The van der Waals surface area contributed by atoms with Crippen LogP contribution in [0.3, 0.4) is 0 Å². The van der Waals surface area contributed by atoms with Gasteiger partial charge in [-0.2, -0.15) is 5.10 Å². The molecule has 1 N–H and O–H groups in total. The van der Waals surface area contributed by atoms with E-state index in [9.17, 15) is 14.0 Å². The lowest BCUT2D eigenvalue weighted by Gasteiger charge is -2.35. The van der Waals surface area contributed by atoms with Crippen LogP contribution in [0.5, 0.6) is 0 Å². The molecule has 1 amide bonds. The second kappa shape index (κ2) is 5.12. The number of hydrogen-bond acceptors (Lipinski definition) is 3. The van der Waals surface area contributed by atoms with Crippen molar-refractivity contribution in [2.24, 2.45) is 0 Å². The van der Waals surface area contributed by atoms with Crippen molar-refractivity contribution in [3.05, 3.63) is 57.8 Å². The number of rotatable bonds is 1. The van der Waals surface area contributed by atoms with Gasteiger partial charge in [0, 0.05) is 17.8 Å². The van der Waals surface area contributed by atoms with Gasteiger partial charge in [-0.3, -0.25) is 9.59 Å². The van der Waals surface area contributed by atoms with E-state index in [1.54, 1.807) is 11.0 Å². The molecule has 3 rings (SSSR count). The molecular weight excluding hydrogens is 273 g/mol. The van der Waals surface area contributed by atoms with Crippen LogP contribution in [0.2, 0.25) is 0 Å². The fraction of sp³-hybridized carbons (Fsp3) is 0.267. The minimum absolute atomic E-state index is 0.0100. The number of aromatic nitrogens is 2. The molecule has 1 aromatic heterocycles. The van der Waals surface area contributed by atoms with Gasteiger partial charge in [-0.15, -0.1) is 0 Å². The Kier molecular flexibility index (Phi) is 3.29. The zero-order valence-electron chi connectivity index (χ0n) is 11.5. The summed E-state index contributed by atoms with van der Waals surface area (Å²) in [6.45, 7) is 1.94. The minimum atomic E-state index is -0.360. The van der Waals surface area contributed by atoms with E-state index in [-0.39, 0.29) is 29.0 Å². The summed E-state index contributed by atoms with van der Waals surface area (Å²) in [4.78, 5) is 25.3. The van der Waals surface area contributed by atoms with Crippen molar-refractivity contribution in [3.8, 4) is 0 Å². The summed E-state index contributed by atoms with van der Waals surface area (Å²) in [7, 11) is 0. The van der Waals surface area contributed by atoms with Gasteiger partial charge in [0.2, 0.25) is 0 Å². The quantitative estimate of drug-likeness (QED) is 0.871. The summed E-state index contributed by atoms with van der Waals surface area (Å²) in [6.07, 6.45) is 1.49. The Morgan fingerprint density at radius 2 is 2.19 bits per heavy atom. The van der Waals surface area contributed by atoms with Gasteiger partial charge in [-0.1, -0.05) is 0 Å². The number of carbonyl (C=O) groups excluding carboxylic acids is 1. The first-order valence-electron chi connectivity index (χ1n) is 6.74. The van der Waals surface area contributed by atoms with Gasteiger partial charge in [0.1, 0.15) is 11.5 Å². The van der Waals surface area contributed by atoms with Gasteiger partial charge in [-0.05, 0) is 49.6 Å². The van der Waals surface area contributed by atoms with Gasteiger partial charge >= 0.3 is 0 Å². The minimum Gasteiger partial charge on any atom is -0.304 e. The molecule has 0 fully saturated rings. The molecule has 0 aliphatic carbocycles. The Labute approximate surface area is 120 Å². The van der Waals surface area contributed by atoms with Crippen molar-refractivity contribution in [1.82, 2.24) is 10.2 Å². The normalized spacial score (nSPS) is 17.4. The van der Waals surface area contributed by atoms with Crippen LogP contribution in [0.1, 0.15) is 29.4 Å². The lowest BCUT2D eigenvalue weighted by Crippen LogP contribution is -2.42. The van der Waals surface area contributed by atoms with Crippen molar-refractivity contribution in [3.63, 3.8) is 0 Å². The smallest absolute Gasteiger partial charge is 0.278 e. The highest BCUT2D eigenvalue weighted by molar-refractivity contribution is 6.05. The predicted molar refractivity (Wildman–Crippen MR) is 75.9 cm³/mol. The summed E-state index contributed by atoms with van der Waals surface area (Å²) in [6, 6.07) is 7.07. The van der Waals surface area contributed by atoms with Crippen molar-refractivity contribution < 1.29 is 9.18 Å². The van der Waals surface area contributed by atoms with Gasteiger partial charge in [0.25, 0.3) is 11.5 Å². The van der Waals surface area contributed by atoms with Crippen molar-refractivity contribution >= 4 is 11.6 Å². The number of aryl methyl sites for hydroxylation is 1. The third kappa shape index (κ3) is 2.44. The van der Waals surface area contributed by atoms with E-state index in [4.69, 9.17) is 0 Å². The Morgan fingerprint density at radius 1 is 1.38 bits per heavy atom. The van der Waals surface area contributed by atoms with Crippen LogP contribution >= 0.6 is 0 Å². The molecule has 1 unspecified atom stereocenters. The van der Waals surface area contributed by atoms with Crippen molar-refractivity contribution in [2.45, 2.75) is 25.8 Å². The van der Waals surface area contributed by atoms with E-state index in [0.717, 1.165) is 18.4 Å². The molecule has 0 saturated carbocycles. The SMILES string of the molecule is CC1CCc2cc(F)ccc2N1C(=O)c1ccc(=O)[nH]n1. The number of carbonyl (C=O) groups is 1. The molecule has 6 heteroatoms. The predicted octanol–water partition coefficient (Wildman–Crippen LogP) is 1.89. The number of aromatic amines is 1. The van der Waals surface area contributed by atoms with Crippen LogP contribution in [0, 0.1) is 5.82 Å². The molecule has 21 heavy (non-hydrogen) atoms. The van der Waals surface area contributed by atoms with E-state index >= 15 is 0 Å². The maximum atomic E-state index is 13.3. The first-order valence-corrected chi connectivity index (χ1v) is 6.74. The largest absolute Gasteiger partial charge is 0.304 e. The first-order chi connectivity index (χ1) is 10.1. The molecule has 0 spiro atoms. The Balaban J connectivity index is 2.03. The highest BCUT2D eigenvalue weighted by Crippen LogP contribution is 2.32. The molecule has 2 heterocycles. The van der Waals surface area contributed by atoms with Crippen LogP contribution < -0.4 is 10.5 Å². The monoisotopic (exact) mass is 287 g/mol. The Morgan fingerprint density at radius 3 is 2.90 bits per heavy atom. The van der Waals surface area contributed by atoms with Crippen LogP contribution in [0.4, 0.5) is 10.1 Å². The summed E-state index contributed by atoms with van der Waals surface area (Å²) in [5.74, 6) is -0.607. The fourth-order valence-electron chi connectivity index (χ4n) is 2.62. The van der Waals surface area contributed by atoms with Gasteiger partial charge in [0.05, 0.1) is 0 Å². The Hall–Kier alpha value is -2.50. The van der Waals surface area contributed by atoms with E-state index in [0.29, 0.717) is 5.69 Å². The standard InChI is InChI=1S/C15H14FN3O2/c1-9-2-3-10-8-11(16)4-6-13(10)19(9)15(21)12-5-7-14(20)18-17-12/h4-9H,2-3H2,1H3,(H,18,20). The zero-order valence-corrected chi connectivity index (χ0v) is 11.5. The molecule has 108 valence electrons. The van der Waals surface area contributed by atoms with E-state index in [2.05, 4.69) is 10.2 Å². The Bertz CT molecular complexity index is 736. The molecule has 2 aromatic rings. The molecule has 1 aliphatic rings. The van der Waals surface area contributed by atoms with E-state index in [1.165, 1.54) is 24.3 Å². The van der Waals surface area contributed by atoms with Crippen LogP contribution in [-0.2, 0) is 6.42 Å². The topological polar surface area (TPSA) is 66.1 Å². The lowest BCUT2D eigenvalue weighted by atomic mass is 9.96. The number of nitrogens with zero attached hydrogens (tertiary/aromatic N) is 2. The zero-order chi connectivity index (χ0) is 15.0. The second-order valence-electron chi connectivity index (χ2n) is 5.14. The van der Waals surface area contributed by atoms with Gasteiger partial charge in [0.15, 0.2) is 0 Å². The summed E-state index contributed by atoms with van der Waals surface area (Å²) in [5, 5.41) is 6.03. The highest BCUT2D eigenvalue weighted by Gasteiger charge is 2.29. The molecule has 1 aromatic carbocycles. The maximum absolute atomic E-state index is 13.3. The third-order valence-corrected chi connectivity index (χ3v) is 3.69. The third-order valence-electron chi connectivity index (χ3n) is 3.69. The van der Waals surface area contributed by atoms with Gasteiger partial charge in [-0.25, -0.2) is 9.49 Å². The number of H-pyrrole nitrogens is 1. The number of nitrogens with one attached hydrogen (secondary N) is 1. The van der Waals surface area contributed by atoms with E-state index < -0.39 is 0 Å². The molecule has 5 nitrogen and oxygen atoms in total. The summed E-state index contributed by atoms with van der Waals surface area (Å²) >= 11 is 0. The number of hydrogen-bond donors (Lipinski definition) is 1. The van der Waals surface area contributed by atoms with Crippen molar-refractivity contribution in [1.29, 1.82) is 0 Å². The summed E-state index contributed by atoms with van der Waals surface area (Å²) in [5.41, 5.74) is 1.32. The van der Waals surface area contributed by atoms with Gasteiger partial charge < -0.3 is 4.90 Å². The molecule has 0 bridgehead atoms. The highest BCUT2D eigenvalue weighted by atomic mass is 19.1. The number of halogens is 1. The fourth-order valence-corrected chi connectivity index (χ4v) is 2.62. The number of anilines is 1. The maximum Gasteiger partial charge on any atom is 0.278 e. The second-order valence-corrected chi connectivity index (χ2v) is 5.14. The average molecular weight is 287 g/mol. The van der Waals surface area contributed by atoms with Crippen LogP contribution in [0.25, 0.3) is 0 Å². The van der Waals surface area contributed by atoms with E-state index in [1.807, 2.05) is 6.92 Å². The molecule has 1 aliphatic heterocycles.